The zero-order valence-corrected chi connectivity index (χ0v) is 8.79. The molecule has 0 aliphatic heterocycles. The predicted octanol–water partition coefficient (Wildman–Crippen LogP) is 1.58. The Morgan fingerprint density at radius 2 is 1.59 bits per heavy atom. The van der Waals surface area contributed by atoms with Crippen LogP contribution in [-0.4, -0.2) is 4.57 Å². The molecule has 2 aromatic rings. The summed E-state index contributed by atoms with van der Waals surface area (Å²) in [5.74, 6) is 0. The van der Waals surface area contributed by atoms with Crippen LogP contribution >= 0.6 is 0 Å². The number of hydrogen-bond donors (Lipinski definition) is 0. The van der Waals surface area contributed by atoms with Crippen LogP contribution in [0.1, 0.15) is 11.1 Å². The van der Waals surface area contributed by atoms with E-state index in [1.54, 1.807) is 35.2 Å². The number of nitrogens with zero attached hydrogens (tertiary/aromatic N) is 3. The van der Waals surface area contributed by atoms with Gasteiger partial charge in [0.1, 0.15) is 12.1 Å². The van der Waals surface area contributed by atoms with Gasteiger partial charge in [-0.2, -0.15) is 10.5 Å². The second-order valence-electron chi connectivity index (χ2n) is 3.39. The van der Waals surface area contributed by atoms with Gasteiger partial charge >= 0.3 is 0 Å². The quantitative estimate of drug-likeness (QED) is 0.734. The molecule has 2 rings (SSSR count). The summed E-state index contributed by atoms with van der Waals surface area (Å²) in [7, 11) is 0. The van der Waals surface area contributed by atoms with Gasteiger partial charge < -0.3 is 4.57 Å². The average molecular weight is 221 g/mol. The van der Waals surface area contributed by atoms with Crippen LogP contribution in [0, 0.1) is 22.7 Å². The molecule has 0 aliphatic rings. The minimum Gasteiger partial charge on any atom is -0.324 e. The van der Waals surface area contributed by atoms with E-state index in [1.165, 1.54) is 12.1 Å². The summed E-state index contributed by atoms with van der Waals surface area (Å²) >= 11 is 0. The number of pyridine rings is 1. The summed E-state index contributed by atoms with van der Waals surface area (Å²) in [5, 5.41) is 17.7. The fraction of sp³-hybridized carbons (Fsp3) is 0. The molecule has 0 spiro atoms. The molecule has 0 radical (unpaired) electrons. The van der Waals surface area contributed by atoms with E-state index >= 15 is 0 Å². The summed E-state index contributed by atoms with van der Waals surface area (Å²) in [6.07, 6.45) is 3.23. The second kappa shape index (κ2) is 4.34. The molecule has 0 aliphatic carbocycles. The molecule has 0 saturated heterocycles. The lowest BCUT2D eigenvalue weighted by Crippen LogP contribution is -2.02. The lowest BCUT2D eigenvalue weighted by atomic mass is 10.1. The van der Waals surface area contributed by atoms with Gasteiger partial charge in [-0.1, -0.05) is 0 Å². The molecule has 80 valence electrons. The van der Waals surface area contributed by atoms with Crippen LogP contribution in [-0.2, 0) is 0 Å². The summed E-state index contributed by atoms with van der Waals surface area (Å²) in [4.78, 5) is 11.0. The Balaban J connectivity index is 2.55. The van der Waals surface area contributed by atoms with Crippen molar-refractivity contribution in [3.05, 3.63) is 64.1 Å². The molecule has 0 N–H and O–H groups in total. The van der Waals surface area contributed by atoms with E-state index < -0.39 is 0 Å². The zero-order chi connectivity index (χ0) is 12.3. The minimum atomic E-state index is -0.0737. The largest absolute Gasteiger partial charge is 0.324 e. The summed E-state index contributed by atoms with van der Waals surface area (Å²) in [5.41, 5.74) is 1.33. The van der Waals surface area contributed by atoms with Crippen molar-refractivity contribution in [3.8, 4) is 17.8 Å². The van der Waals surface area contributed by atoms with Crippen molar-refractivity contribution in [2.24, 2.45) is 0 Å². The van der Waals surface area contributed by atoms with Crippen molar-refractivity contribution < 1.29 is 0 Å². The van der Waals surface area contributed by atoms with Gasteiger partial charge in [-0.15, -0.1) is 0 Å². The maximum absolute atomic E-state index is 11.0. The van der Waals surface area contributed by atoms with E-state index in [1.807, 2.05) is 12.1 Å². The highest BCUT2D eigenvalue weighted by Gasteiger charge is 2.03. The molecular formula is C13H7N3O. The highest BCUT2D eigenvalue weighted by atomic mass is 16.1. The van der Waals surface area contributed by atoms with Crippen molar-refractivity contribution in [1.29, 1.82) is 10.5 Å². The Morgan fingerprint density at radius 3 is 2.18 bits per heavy atom. The lowest BCUT2D eigenvalue weighted by Gasteiger charge is -2.06. The van der Waals surface area contributed by atoms with Gasteiger partial charge in [0.05, 0.1) is 11.1 Å². The van der Waals surface area contributed by atoms with E-state index in [9.17, 15) is 4.79 Å². The third-order valence-electron chi connectivity index (χ3n) is 2.34. The molecular weight excluding hydrogens is 214 g/mol. The zero-order valence-electron chi connectivity index (χ0n) is 8.79. The first-order valence-electron chi connectivity index (χ1n) is 4.87. The van der Waals surface area contributed by atoms with Crippen LogP contribution in [0.5, 0.6) is 0 Å². The second-order valence-corrected chi connectivity index (χ2v) is 3.39. The average Bonchev–Trinajstić information content (AvgIpc) is 2.39. The molecule has 0 unspecified atom stereocenters. The molecule has 4 heteroatoms. The smallest absolute Gasteiger partial charge is 0.181 e. The molecule has 0 bridgehead atoms. The highest BCUT2D eigenvalue weighted by Crippen LogP contribution is 2.13. The van der Waals surface area contributed by atoms with E-state index in [-0.39, 0.29) is 5.43 Å². The number of aromatic nitrogens is 1. The van der Waals surface area contributed by atoms with Crippen LogP contribution in [0.2, 0.25) is 0 Å². The normalized spacial score (nSPS) is 9.29. The topological polar surface area (TPSA) is 69.6 Å². The van der Waals surface area contributed by atoms with Gasteiger partial charge in [-0.3, -0.25) is 4.79 Å². The van der Waals surface area contributed by atoms with E-state index in [2.05, 4.69) is 0 Å². The maximum Gasteiger partial charge on any atom is 0.181 e. The number of benzene rings is 1. The molecule has 0 fully saturated rings. The molecule has 1 aromatic carbocycles. The Bertz CT molecular complexity index is 681. The number of hydrogen-bond acceptors (Lipinski definition) is 3. The lowest BCUT2D eigenvalue weighted by molar-refractivity contribution is 1.04. The summed E-state index contributed by atoms with van der Waals surface area (Å²) in [6, 6.07) is 11.7. The number of nitriles is 2. The Hall–Kier alpha value is -2.85. The SMILES string of the molecule is N#Cc1ccc(-n2ccc(=O)cc2)cc1C#N. The Morgan fingerprint density at radius 1 is 0.941 bits per heavy atom. The summed E-state index contributed by atoms with van der Waals surface area (Å²) < 4.78 is 1.71. The Kier molecular flexibility index (Phi) is 2.72. The Labute approximate surface area is 97.6 Å². The van der Waals surface area contributed by atoms with Crippen LogP contribution in [0.25, 0.3) is 5.69 Å². The van der Waals surface area contributed by atoms with Gasteiger partial charge in [0.15, 0.2) is 5.43 Å². The van der Waals surface area contributed by atoms with Crippen molar-refractivity contribution in [2.75, 3.05) is 0 Å². The van der Waals surface area contributed by atoms with Crippen molar-refractivity contribution in [2.45, 2.75) is 0 Å². The molecule has 4 nitrogen and oxygen atoms in total. The van der Waals surface area contributed by atoms with Crippen LogP contribution in [0.15, 0.2) is 47.5 Å². The van der Waals surface area contributed by atoms with Crippen molar-refractivity contribution in [1.82, 2.24) is 4.57 Å². The first kappa shape index (κ1) is 10.7. The third-order valence-corrected chi connectivity index (χ3v) is 2.34. The van der Waals surface area contributed by atoms with E-state index in [0.29, 0.717) is 11.1 Å². The predicted molar refractivity (Wildman–Crippen MR) is 61.5 cm³/mol. The number of rotatable bonds is 1. The van der Waals surface area contributed by atoms with Crippen molar-refractivity contribution in [3.63, 3.8) is 0 Å². The molecule has 1 heterocycles. The fourth-order valence-electron chi connectivity index (χ4n) is 1.47. The third kappa shape index (κ3) is 2.06. The molecule has 0 atom stereocenters. The highest BCUT2D eigenvalue weighted by molar-refractivity contribution is 5.51. The fourth-order valence-corrected chi connectivity index (χ4v) is 1.47. The van der Waals surface area contributed by atoms with Crippen LogP contribution < -0.4 is 5.43 Å². The molecule has 1 aromatic heterocycles. The molecule has 0 amide bonds. The first-order valence-corrected chi connectivity index (χ1v) is 4.87. The van der Waals surface area contributed by atoms with Gasteiger partial charge in [0.25, 0.3) is 0 Å². The minimum absolute atomic E-state index is 0.0737. The molecule has 17 heavy (non-hydrogen) atoms. The van der Waals surface area contributed by atoms with Gasteiger partial charge in [-0.05, 0) is 18.2 Å². The first-order chi connectivity index (χ1) is 8.24. The molecule has 0 saturated carbocycles. The monoisotopic (exact) mass is 221 g/mol. The van der Waals surface area contributed by atoms with Crippen LogP contribution in [0.4, 0.5) is 0 Å². The van der Waals surface area contributed by atoms with Crippen molar-refractivity contribution >= 4 is 0 Å². The summed E-state index contributed by atoms with van der Waals surface area (Å²) in [6.45, 7) is 0. The standard InChI is InChI=1S/C13H7N3O/c14-8-10-1-2-12(7-11(10)9-15)16-5-3-13(17)4-6-16/h1-7H. The van der Waals surface area contributed by atoms with Gasteiger partial charge in [-0.25, -0.2) is 0 Å². The van der Waals surface area contributed by atoms with E-state index in [4.69, 9.17) is 10.5 Å². The van der Waals surface area contributed by atoms with E-state index in [0.717, 1.165) is 5.69 Å². The maximum atomic E-state index is 11.0. The van der Waals surface area contributed by atoms with Gasteiger partial charge in [0, 0.05) is 30.2 Å². The van der Waals surface area contributed by atoms with Gasteiger partial charge in [0.2, 0.25) is 0 Å². The van der Waals surface area contributed by atoms with Crippen LogP contribution in [0.3, 0.4) is 0 Å².